The number of amides is 1. The smallest absolute Gasteiger partial charge is 0.322 e. The number of ether oxygens (including phenoxy) is 1. The third kappa shape index (κ3) is 3.45. The van der Waals surface area contributed by atoms with Gasteiger partial charge < -0.3 is 9.15 Å². The average Bonchev–Trinajstić information content (AvgIpc) is 3.29. The maximum absolute atomic E-state index is 12.3. The van der Waals surface area contributed by atoms with E-state index >= 15 is 0 Å². The van der Waals surface area contributed by atoms with E-state index in [1.54, 1.807) is 18.2 Å². The Morgan fingerprint density at radius 1 is 1.08 bits per heavy atom. The Balaban J connectivity index is 1.40. The Hall–Kier alpha value is -3.33. The Labute approximate surface area is 145 Å². The van der Waals surface area contributed by atoms with Crippen LogP contribution in [0.25, 0.3) is 11.0 Å². The Morgan fingerprint density at radius 2 is 1.92 bits per heavy atom. The topological polar surface area (TPSA) is 103 Å². The molecule has 1 N–H and O–H groups in total. The minimum Gasteiger partial charge on any atom is -0.484 e. The molecule has 0 spiro atoms. The summed E-state index contributed by atoms with van der Waals surface area (Å²) < 4.78 is 19.1. The van der Waals surface area contributed by atoms with Crippen LogP contribution in [0.2, 0.25) is 0 Å². The van der Waals surface area contributed by atoms with Gasteiger partial charge in [0.1, 0.15) is 16.8 Å². The molecule has 4 rings (SSSR count). The molecule has 0 aliphatic carbocycles. The van der Waals surface area contributed by atoms with Gasteiger partial charge in [-0.2, -0.15) is 8.75 Å². The third-order valence-electron chi connectivity index (χ3n) is 3.31. The summed E-state index contributed by atoms with van der Waals surface area (Å²) in [6, 6.07) is 14.3. The zero-order valence-electron chi connectivity index (χ0n) is 12.7. The summed E-state index contributed by atoms with van der Waals surface area (Å²) in [5.41, 5.74) is 1.85. The molecule has 0 saturated heterocycles. The fourth-order valence-electron chi connectivity index (χ4n) is 2.12. The van der Waals surface area contributed by atoms with Gasteiger partial charge in [0.05, 0.1) is 11.7 Å². The van der Waals surface area contributed by atoms with Crippen LogP contribution in [0.3, 0.4) is 0 Å². The summed E-state index contributed by atoms with van der Waals surface area (Å²) in [4.78, 5) is 12.3. The first-order valence-electron chi connectivity index (χ1n) is 7.32. The number of hydrogen-bond donors (Lipinski definition) is 1. The number of fused-ring (bicyclic) bond motifs is 1. The molecule has 8 nitrogen and oxygen atoms in total. The molecule has 4 aromatic rings. The first-order chi connectivity index (χ1) is 12.3. The second-order valence-electron chi connectivity index (χ2n) is 5.02. The fourth-order valence-corrected chi connectivity index (χ4v) is 2.63. The molecule has 25 heavy (non-hydrogen) atoms. The van der Waals surface area contributed by atoms with Crippen LogP contribution in [0.15, 0.2) is 52.9 Å². The lowest BCUT2D eigenvalue weighted by Gasteiger charge is -2.02. The van der Waals surface area contributed by atoms with Crippen molar-refractivity contribution in [1.29, 1.82) is 0 Å². The number of aromatic nitrogens is 4. The number of anilines is 1. The summed E-state index contributed by atoms with van der Waals surface area (Å²) in [7, 11) is 0. The summed E-state index contributed by atoms with van der Waals surface area (Å²) in [6.07, 6.45) is 0. The largest absolute Gasteiger partial charge is 0.484 e. The van der Waals surface area contributed by atoms with E-state index < -0.39 is 0 Å². The fraction of sp³-hybridized carbons (Fsp3) is 0.0625. The first-order valence-corrected chi connectivity index (χ1v) is 8.05. The van der Waals surface area contributed by atoms with Crippen LogP contribution in [-0.4, -0.2) is 24.9 Å². The highest BCUT2D eigenvalue weighted by Crippen LogP contribution is 2.16. The summed E-state index contributed by atoms with van der Waals surface area (Å²) in [5.74, 6) is 0.587. The zero-order chi connectivity index (χ0) is 17.1. The molecule has 2 heterocycles. The van der Waals surface area contributed by atoms with Crippen LogP contribution in [-0.2, 0) is 6.61 Å². The number of rotatable bonds is 5. The molecule has 0 unspecified atom stereocenters. The predicted octanol–water partition coefficient (Wildman–Crippen LogP) is 2.91. The van der Waals surface area contributed by atoms with Gasteiger partial charge in [-0.25, -0.2) is 0 Å². The maximum atomic E-state index is 12.3. The van der Waals surface area contributed by atoms with Gasteiger partial charge in [0.25, 0.3) is 11.8 Å². The highest BCUT2D eigenvalue weighted by molar-refractivity contribution is 7.00. The van der Waals surface area contributed by atoms with Gasteiger partial charge in [0.15, 0.2) is 6.61 Å². The van der Waals surface area contributed by atoms with Gasteiger partial charge in [-0.15, -0.1) is 5.10 Å². The van der Waals surface area contributed by atoms with Crippen LogP contribution >= 0.6 is 11.7 Å². The van der Waals surface area contributed by atoms with E-state index in [0.29, 0.717) is 16.8 Å². The van der Waals surface area contributed by atoms with Crippen LogP contribution in [0.4, 0.5) is 6.01 Å². The summed E-state index contributed by atoms with van der Waals surface area (Å²) in [6.45, 7) is 0.114. The van der Waals surface area contributed by atoms with Crippen LogP contribution in [0, 0.1) is 0 Å². The number of benzene rings is 2. The molecule has 9 heteroatoms. The standard InChI is InChI=1S/C16H11N5O3S/c22-15(10-6-7-12-13(8-10)21-25-20-12)17-16-19-18-14(24-16)9-23-11-4-2-1-3-5-11/h1-8H,9H2,(H,17,19,22). The van der Waals surface area contributed by atoms with Gasteiger partial charge in [-0.1, -0.05) is 23.3 Å². The molecule has 0 aliphatic heterocycles. The lowest BCUT2D eigenvalue weighted by molar-refractivity contribution is 0.102. The Morgan fingerprint density at radius 3 is 2.80 bits per heavy atom. The van der Waals surface area contributed by atoms with Gasteiger partial charge >= 0.3 is 6.01 Å². The first kappa shape index (κ1) is 15.2. The van der Waals surface area contributed by atoms with Crippen molar-refractivity contribution in [3.63, 3.8) is 0 Å². The molecular formula is C16H11N5O3S. The van der Waals surface area contributed by atoms with E-state index in [2.05, 4.69) is 24.3 Å². The lowest BCUT2D eigenvalue weighted by Crippen LogP contribution is -2.12. The van der Waals surface area contributed by atoms with Crippen molar-refractivity contribution in [3.8, 4) is 5.75 Å². The molecular weight excluding hydrogens is 342 g/mol. The maximum Gasteiger partial charge on any atom is 0.322 e. The minimum atomic E-state index is -0.367. The van der Waals surface area contributed by atoms with E-state index in [4.69, 9.17) is 9.15 Å². The predicted molar refractivity (Wildman–Crippen MR) is 90.4 cm³/mol. The molecule has 0 fully saturated rings. The van der Waals surface area contributed by atoms with Gasteiger partial charge in [-0.05, 0) is 30.3 Å². The normalized spacial score (nSPS) is 10.7. The van der Waals surface area contributed by atoms with Crippen LogP contribution in [0.1, 0.15) is 16.2 Å². The SMILES string of the molecule is O=C(Nc1nnc(COc2ccccc2)o1)c1ccc2nsnc2c1. The molecule has 0 bridgehead atoms. The van der Waals surface area contributed by atoms with E-state index in [1.807, 2.05) is 30.3 Å². The molecule has 0 radical (unpaired) electrons. The average molecular weight is 353 g/mol. The Bertz CT molecular complexity index is 1010. The van der Waals surface area contributed by atoms with Crippen LogP contribution in [0.5, 0.6) is 5.75 Å². The van der Waals surface area contributed by atoms with Crippen molar-refractivity contribution < 1.29 is 13.9 Å². The Kier molecular flexibility index (Phi) is 4.05. The van der Waals surface area contributed by atoms with Crippen molar-refractivity contribution in [2.24, 2.45) is 0 Å². The van der Waals surface area contributed by atoms with E-state index in [9.17, 15) is 4.79 Å². The van der Waals surface area contributed by atoms with Gasteiger partial charge in [-0.3, -0.25) is 10.1 Å². The molecule has 0 saturated carbocycles. The molecule has 124 valence electrons. The number of carbonyl (C=O) groups is 1. The third-order valence-corrected chi connectivity index (χ3v) is 3.87. The second-order valence-corrected chi connectivity index (χ2v) is 5.55. The minimum absolute atomic E-state index is 0.00756. The van der Waals surface area contributed by atoms with E-state index in [0.717, 1.165) is 17.2 Å². The van der Waals surface area contributed by atoms with Crippen molar-refractivity contribution in [3.05, 3.63) is 60.0 Å². The second kappa shape index (κ2) is 6.65. The number of nitrogens with one attached hydrogen (secondary N) is 1. The van der Waals surface area contributed by atoms with Crippen molar-refractivity contribution >= 4 is 34.7 Å². The molecule has 1 amide bonds. The molecule has 0 aliphatic rings. The van der Waals surface area contributed by atoms with Crippen molar-refractivity contribution in [1.82, 2.24) is 18.9 Å². The van der Waals surface area contributed by atoms with Crippen molar-refractivity contribution in [2.45, 2.75) is 6.61 Å². The quantitative estimate of drug-likeness (QED) is 0.588. The van der Waals surface area contributed by atoms with Crippen LogP contribution < -0.4 is 10.1 Å². The number of carbonyl (C=O) groups excluding carboxylic acids is 1. The lowest BCUT2D eigenvalue weighted by atomic mass is 10.2. The highest BCUT2D eigenvalue weighted by Gasteiger charge is 2.13. The van der Waals surface area contributed by atoms with Gasteiger partial charge in [0, 0.05) is 5.56 Å². The summed E-state index contributed by atoms with van der Waals surface area (Å²) >= 11 is 1.10. The monoisotopic (exact) mass is 353 g/mol. The molecule has 0 atom stereocenters. The number of hydrogen-bond acceptors (Lipinski definition) is 8. The molecule has 2 aromatic carbocycles. The zero-order valence-corrected chi connectivity index (χ0v) is 13.6. The van der Waals surface area contributed by atoms with Crippen molar-refractivity contribution in [2.75, 3.05) is 5.32 Å². The number of para-hydroxylation sites is 1. The van der Waals surface area contributed by atoms with E-state index in [-0.39, 0.29) is 24.4 Å². The summed E-state index contributed by atoms with van der Waals surface area (Å²) in [5, 5.41) is 10.2. The number of nitrogens with zero attached hydrogens (tertiary/aromatic N) is 4. The molecule has 2 aromatic heterocycles. The van der Waals surface area contributed by atoms with Gasteiger partial charge in [0.2, 0.25) is 0 Å². The van der Waals surface area contributed by atoms with E-state index in [1.165, 1.54) is 0 Å². The highest BCUT2D eigenvalue weighted by atomic mass is 32.1.